The van der Waals surface area contributed by atoms with E-state index in [4.69, 9.17) is 0 Å². The summed E-state index contributed by atoms with van der Waals surface area (Å²) in [5.41, 5.74) is 2.49. The fourth-order valence-corrected chi connectivity index (χ4v) is 4.95. The average Bonchev–Trinajstić information content (AvgIpc) is 3.21. The number of likely N-dealkylation sites (tertiary alicyclic amines) is 1. The maximum Gasteiger partial charge on any atom is 0.238 e. The summed E-state index contributed by atoms with van der Waals surface area (Å²) in [6.07, 6.45) is 5.68. The van der Waals surface area contributed by atoms with Crippen LogP contribution in [-0.2, 0) is 11.3 Å². The molecule has 0 radical (unpaired) electrons. The highest BCUT2D eigenvalue weighted by molar-refractivity contribution is 7.99. The van der Waals surface area contributed by atoms with E-state index in [1.807, 2.05) is 12.3 Å². The summed E-state index contributed by atoms with van der Waals surface area (Å²) in [7, 11) is 0. The van der Waals surface area contributed by atoms with Crippen LogP contribution >= 0.6 is 11.8 Å². The molecule has 5 nitrogen and oxygen atoms in total. The van der Waals surface area contributed by atoms with Gasteiger partial charge in [0.1, 0.15) is 0 Å². The molecule has 2 aromatic rings. The summed E-state index contributed by atoms with van der Waals surface area (Å²) >= 11 is 1.78. The molecule has 27 heavy (non-hydrogen) atoms. The van der Waals surface area contributed by atoms with Crippen molar-refractivity contribution in [2.45, 2.75) is 36.8 Å². The minimum atomic E-state index is -0.123. The van der Waals surface area contributed by atoms with Gasteiger partial charge in [0, 0.05) is 43.8 Å². The Labute approximate surface area is 164 Å². The van der Waals surface area contributed by atoms with E-state index in [9.17, 15) is 4.79 Å². The molecule has 0 aliphatic carbocycles. The number of benzene rings is 1. The lowest BCUT2D eigenvalue weighted by Crippen LogP contribution is -2.50. The van der Waals surface area contributed by atoms with E-state index < -0.39 is 0 Å². The Kier molecular flexibility index (Phi) is 6.07. The van der Waals surface area contributed by atoms with Crippen LogP contribution < -0.4 is 10.6 Å². The molecule has 4 rings (SSSR count). The number of hydrogen-bond acceptors (Lipinski definition) is 5. The van der Waals surface area contributed by atoms with Gasteiger partial charge < -0.3 is 5.32 Å². The molecule has 0 bridgehead atoms. The van der Waals surface area contributed by atoms with E-state index in [0.29, 0.717) is 0 Å². The Morgan fingerprint density at radius 2 is 2.00 bits per heavy atom. The molecule has 2 unspecified atom stereocenters. The fraction of sp³-hybridized carbons (Fsp3) is 0.429. The van der Waals surface area contributed by atoms with E-state index in [2.05, 4.69) is 56.9 Å². The van der Waals surface area contributed by atoms with Crippen LogP contribution in [0.4, 0.5) is 0 Å². The third kappa shape index (κ3) is 4.89. The van der Waals surface area contributed by atoms with Crippen molar-refractivity contribution in [3.63, 3.8) is 0 Å². The van der Waals surface area contributed by atoms with Crippen LogP contribution in [0.5, 0.6) is 0 Å². The van der Waals surface area contributed by atoms with E-state index in [1.165, 1.54) is 5.56 Å². The first kappa shape index (κ1) is 18.5. The molecule has 142 valence electrons. The molecule has 3 heterocycles. The zero-order valence-corrected chi connectivity index (χ0v) is 16.2. The SMILES string of the molecule is O=C(NC1CCN(Cc2ccccc2)CC1)C1CSC(c2cccnc2)N1. The maximum absolute atomic E-state index is 12.6. The number of carbonyl (C=O) groups excluding carboxylic acids is 1. The number of aromatic nitrogens is 1. The van der Waals surface area contributed by atoms with E-state index in [1.54, 1.807) is 18.0 Å². The van der Waals surface area contributed by atoms with Crippen LogP contribution in [0.3, 0.4) is 0 Å². The van der Waals surface area contributed by atoms with Crippen molar-refractivity contribution in [3.8, 4) is 0 Å². The molecule has 1 aromatic heterocycles. The molecule has 1 amide bonds. The zero-order valence-electron chi connectivity index (χ0n) is 15.4. The number of carbonyl (C=O) groups is 1. The van der Waals surface area contributed by atoms with Crippen molar-refractivity contribution < 1.29 is 4.79 Å². The fourth-order valence-electron chi connectivity index (χ4n) is 3.73. The normalized spacial score (nSPS) is 24.0. The third-order valence-corrected chi connectivity index (χ3v) is 6.54. The molecule has 2 aliphatic rings. The molecule has 2 aliphatic heterocycles. The maximum atomic E-state index is 12.6. The van der Waals surface area contributed by atoms with E-state index >= 15 is 0 Å². The summed E-state index contributed by atoms with van der Waals surface area (Å²) in [6, 6.07) is 14.7. The third-order valence-electron chi connectivity index (χ3n) is 5.27. The van der Waals surface area contributed by atoms with Gasteiger partial charge in [-0.2, -0.15) is 0 Å². The minimum Gasteiger partial charge on any atom is -0.352 e. The van der Waals surface area contributed by atoms with Crippen LogP contribution in [-0.4, -0.2) is 46.7 Å². The van der Waals surface area contributed by atoms with Gasteiger partial charge in [0.05, 0.1) is 11.4 Å². The predicted octanol–water partition coefficient (Wildman–Crippen LogP) is 2.57. The highest BCUT2D eigenvalue weighted by Crippen LogP contribution is 2.32. The molecular formula is C21H26N4OS. The van der Waals surface area contributed by atoms with E-state index in [0.717, 1.165) is 43.8 Å². The number of piperidine rings is 1. The van der Waals surface area contributed by atoms with Gasteiger partial charge in [0.15, 0.2) is 0 Å². The van der Waals surface area contributed by atoms with Gasteiger partial charge in [-0.1, -0.05) is 36.4 Å². The molecule has 2 N–H and O–H groups in total. The molecule has 0 spiro atoms. The van der Waals surface area contributed by atoms with Gasteiger partial charge in [0.2, 0.25) is 5.91 Å². The van der Waals surface area contributed by atoms with E-state index in [-0.39, 0.29) is 23.4 Å². The summed E-state index contributed by atoms with van der Waals surface area (Å²) in [4.78, 5) is 19.3. The van der Waals surface area contributed by atoms with Gasteiger partial charge in [-0.05, 0) is 30.0 Å². The molecule has 2 saturated heterocycles. The summed E-state index contributed by atoms with van der Waals surface area (Å²) in [5, 5.41) is 6.85. The quantitative estimate of drug-likeness (QED) is 0.832. The standard InChI is InChI=1S/C21H26N4OS/c26-20(19-15-27-21(24-19)17-7-4-10-22-13-17)23-18-8-11-25(12-9-18)14-16-5-2-1-3-6-16/h1-7,10,13,18-19,21,24H,8-9,11-12,14-15H2,(H,23,26). The Balaban J connectivity index is 1.22. The van der Waals surface area contributed by atoms with Gasteiger partial charge in [-0.25, -0.2) is 0 Å². The van der Waals surface area contributed by atoms with Crippen molar-refractivity contribution in [1.29, 1.82) is 0 Å². The minimum absolute atomic E-state index is 0.123. The molecule has 2 fully saturated rings. The second-order valence-electron chi connectivity index (χ2n) is 7.26. The van der Waals surface area contributed by atoms with Crippen molar-refractivity contribution >= 4 is 17.7 Å². The summed E-state index contributed by atoms with van der Waals surface area (Å²) in [6.45, 7) is 3.06. The van der Waals surface area contributed by atoms with Crippen LogP contribution in [0.2, 0.25) is 0 Å². The Bertz CT molecular complexity index is 734. The van der Waals surface area contributed by atoms with Crippen LogP contribution in [0.25, 0.3) is 0 Å². The second kappa shape index (κ2) is 8.87. The second-order valence-corrected chi connectivity index (χ2v) is 8.40. The molecule has 1 aromatic carbocycles. The van der Waals surface area contributed by atoms with Crippen molar-refractivity contribution in [2.24, 2.45) is 0 Å². The molecule has 2 atom stereocenters. The number of amides is 1. The van der Waals surface area contributed by atoms with Gasteiger partial charge in [-0.15, -0.1) is 11.8 Å². The average molecular weight is 383 g/mol. The summed E-state index contributed by atoms with van der Waals surface area (Å²) < 4.78 is 0. The Morgan fingerprint density at radius 1 is 1.19 bits per heavy atom. The van der Waals surface area contributed by atoms with Crippen molar-refractivity contribution in [1.82, 2.24) is 20.5 Å². The number of nitrogens with zero attached hydrogens (tertiary/aromatic N) is 2. The smallest absolute Gasteiger partial charge is 0.238 e. The van der Waals surface area contributed by atoms with Crippen LogP contribution in [0.1, 0.15) is 29.3 Å². The largest absolute Gasteiger partial charge is 0.352 e. The highest BCUT2D eigenvalue weighted by Gasteiger charge is 2.32. The number of rotatable bonds is 5. The first-order valence-electron chi connectivity index (χ1n) is 9.62. The van der Waals surface area contributed by atoms with Crippen molar-refractivity contribution in [2.75, 3.05) is 18.8 Å². The van der Waals surface area contributed by atoms with Crippen molar-refractivity contribution in [3.05, 3.63) is 66.0 Å². The lowest BCUT2D eigenvalue weighted by Gasteiger charge is -2.32. The Hall–Kier alpha value is -1.89. The van der Waals surface area contributed by atoms with Crippen LogP contribution in [0, 0.1) is 0 Å². The molecular weight excluding hydrogens is 356 g/mol. The van der Waals surface area contributed by atoms with Gasteiger partial charge in [0.25, 0.3) is 0 Å². The topological polar surface area (TPSA) is 57.3 Å². The zero-order chi connectivity index (χ0) is 18.5. The number of nitrogens with one attached hydrogen (secondary N) is 2. The first-order chi connectivity index (χ1) is 13.3. The molecule has 0 saturated carbocycles. The first-order valence-corrected chi connectivity index (χ1v) is 10.7. The lowest BCUT2D eigenvalue weighted by molar-refractivity contribution is -0.123. The molecule has 6 heteroatoms. The predicted molar refractivity (Wildman–Crippen MR) is 109 cm³/mol. The monoisotopic (exact) mass is 382 g/mol. The number of hydrogen-bond donors (Lipinski definition) is 2. The van der Waals surface area contributed by atoms with Crippen LogP contribution in [0.15, 0.2) is 54.9 Å². The highest BCUT2D eigenvalue weighted by atomic mass is 32.2. The van der Waals surface area contributed by atoms with Gasteiger partial charge >= 0.3 is 0 Å². The Morgan fingerprint density at radius 3 is 2.74 bits per heavy atom. The number of thioether (sulfide) groups is 1. The number of pyridine rings is 1. The lowest BCUT2D eigenvalue weighted by atomic mass is 10.0. The summed E-state index contributed by atoms with van der Waals surface area (Å²) in [5.74, 6) is 0.938. The van der Waals surface area contributed by atoms with Gasteiger partial charge in [-0.3, -0.25) is 20.0 Å².